The van der Waals surface area contributed by atoms with Crippen LogP contribution in [0, 0.1) is 11.6 Å². The third kappa shape index (κ3) is 3.63. The van der Waals surface area contributed by atoms with Crippen molar-refractivity contribution in [2.24, 2.45) is 0 Å². The second-order valence-corrected chi connectivity index (χ2v) is 7.25. The number of fused-ring (bicyclic) bond motifs is 1. The summed E-state index contributed by atoms with van der Waals surface area (Å²) >= 11 is 0. The lowest BCUT2D eigenvalue weighted by atomic mass is 10.1. The highest BCUT2D eigenvalue weighted by atomic mass is 19.1. The van der Waals surface area contributed by atoms with Gasteiger partial charge in [-0.3, -0.25) is 0 Å². The van der Waals surface area contributed by atoms with Crippen LogP contribution in [0.5, 0.6) is 0 Å². The molecule has 1 aromatic heterocycles. The molecule has 1 unspecified atom stereocenters. The number of halogens is 2. The number of pyridine rings is 1. The minimum atomic E-state index is -0.614. The quantitative estimate of drug-likeness (QED) is 0.766. The van der Waals surface area contributed by atoms with Crippen LogP contribution in [0.15, 0.2) is 66.3 Å². The van der Waals surface area contributed by atoms with Crippen molar-refractivity contribution in [2.75, 3.05) is 18.5 Å². The van der Waals surface area contributed by atoms with Crippen molar-refractivity contribution in [2.45, 2.75) is 26.6 Å². The number of anilines is 1. The summed E-state index contributed by atoms with van der Waals surface area (Å²) in [5.41, 5.74) is 2.85. The molecule has 0 spiro atoms. The summed E-state index contributed by atoms with van der Waals surface area (Å²) in [4.78, 5) is 8.68. The monoisotopic (exact) mass is 410 g/mol. The van der Waals surface area contributed by atoms with Crippen LogP contribution in [0.4, 0.5) is 14.6 Å². The van der Waals surface area contributed by atoms with Gasteiger partial charge in [-0.15, -0.1) is 0 Å². The number of ether oxygens (including phenoxy) is 1. The van der Waals surface area contributed by atoms with Crippen LogP contribution in [0.25, 0.3) is 5.70 Å². The van der Waals surface area contributed by atoms with Crippen LogP contribution in [0.1, 0.15) is 25.0 Å². The minimum absolute atomic E-state index is 0.0813. The van der Waals surface area contributed by atoms with Gasteiger partial charge in [-0.05, 0) is 50.3 Å². The van der Waals surface area contributed by atoms with Crippen molar-refractivity contribution in [3.8, 4) is 0 Å². The number of nitrogens with zero attached hydrogens (tertiary/aromatic N) is 3. The van der Waals surface area contributed by atoms with Gasteiger partial charge in [0, 0.05) is 37.2 Å². The van der Waals surface area contributed by atoms with E-state index in [0.717, 1.165) is 29.3 Å². The van der Waals surface area contributed by atoms with Gasteiger partial charge < -0.3 is 19.9 Å². The molecule has 2 aromatic rings. The standard InChI is InChI=1S/C23H24F2N4O/c1-4-28(3)21-11-10-16(13-26-21)22-15(2)27-23-20(9-6-12-29(22)23)30-14-17-18(24)7-5-8-19(17)25/h5-13,23,27H,4,14H2,1-3H3. The summed E-state index contributed by atoms with van der Waals surface area (Å²) in [6, 6.07) is 7.84. The van der Waals surface area contributed by atoms with Crippen LogP contribution < -0.4 is 10.2 Å². The average Bonchev–Trinajstić information content (AvgIpc) is 3.09. The normalized spacial score (nSPS) is 17.6. The van der Waals surface area contributed by atoms with Crippen molar-refractivity contribution in [3.63, 3.8) is 0 Å². The number of hydrogen-bond donors (Lipinski definition) is 1. The highest BCUT2D eigenvalue weighted by Gasteiger charge is 2.34. The van der Waals surface area contributed by atoms with Crippen LogP contribution in [-0.2, 0) is 11.3 Å². The molecule has 0 fully saturated rings. The molecular formula is C23H24F2N4O. The molecule has 0 aliphatic carbocycles. The van der Waals surface area contributed by atoms with Crippen molar-refractivity contribution < 1.29 is 13.5 Å². The molecule has 30 heavy (non-hydrogen) atoms. The first-order valence-electron chi connectivity index (χ1n) is 9.87. The van der Waals surface area contributed by atoms with E-state index in [2.05, 4.69) is 22.1 Å². The lowest BCUT2D eigenvalue weighted by Crippen LogP contribution is -2.38. The Morgan fingerprint density at radius 2 is 1.97 bits per heavy atom. The Hall–Kier alpha value is -3.35. The van der Waals surface area contributed by atoms with E-state index in [0.29, 0.717) is 5.76 Å². The Labute approximate surface area is 175 Å². The van der Waals surface area contributed by atoms with Crippen LogP contribution in [-0.4, -0.2) is 29.6 Å². The third-order valence-corrected chi connectivity index (χ3v) is 5.35. The molecule has 0 bridgehead atoms. The SMILES string of the molecule is CCN(C)c1ccc(C2=C(C)NC3C(OCc4c(F)cccc4F)=CC=CN23)cn1. The van der Waals surface area contributed by atoms with E-state index in [1.165, 1.54) is 18.2 Å². The lowest BCUT2D eigenvalue weighted by molar-refractivity contribution is 0.145. The molecule has 156 valence electrons. The molecule has 7 heteroatoms. The van der Waals surface area contributed by atoms with Gasteiger partial charge in [-0.1, -0.05) is 6.07 Å². The molecule has 0 saturated heterocycles. The maximum absolute atomic E-state index is 13.9. The predicted octanol–water partition coefficient (Wildman–Crippen LogP) is 4.36. The number of nitrogens with one attached hydrogen (secondary N) is 1. The average molecular weight is 410 g/mol. The fourth-order valence-corrected chi connectivity index (χ4v) is 3.59. The van der Waals surface area contributed by atoms with Gasteiger partial charge in [-0.25, -0.2) is 13.8 Å². The molecule has 2 aliphatic heterocycles. The maximum atomic E-state index is 13.9. The third-order valence-electron chi connectivity index (χ3n) is 5.35. The van der Waals surface area contributed by atoms with Gasteiger partial charge in [0.15, 0.2) is 6.17 Å². The summed E-state index contributed by atoms with van der Waals surface area (Å²) in [5, 5.41) is 3.40. The van der Waals surface area contributed by atoms with Gasteiger partial charge >= 0.3 is 0 Å². The van der Waals surface area contributed by atoms with Crippen molar-refractivity contribution in [1.82, 2.24) is 15.2 Å². The zero-order chi connectivity index (χ0) is 21.3. The van der Waals surface area contributed by atoms with Crippen molar-refractivity contribution in [3.05, 3.63) is 89.1 Å². The highest BCUT2D eigenvalue weighted by Crippen LogP contribution is 2.35. The zero-order valence-electron chi connectivity index (χ0n) is 17.2. The van der Waals surface area contributed by atoms with Gasteiger partial charge in [-0.2, -0.15) is 0 Å². The van der Waals surface area contributed by atoms with Crippen LogP contribution >= 0.6 is 0 Å². The number of allylic oxidation sites excluding steroid dienone is 3. The lowest BCUT2D eigenvalue weighted by Gasteiger charge is -2.30. The molecule has 1 aromatic carbocycles. The van der Waals surface area contributed by atoms with Crippen LogP contribution in [0.3, 0.4) is 0 Å². The summed E-state index contributed by atoms with van der Waals surface area (Å²) in [6.45, 7) is 4.76. The van der Waals surface area contributed by atoms with Crippen molar-refractivity contribution in [1.29, 1.82) is 0 Å². The Morgan fingerprint density at radius 1 is 1.20 bits per heavy atom. The van der Waals surface area contributed by atoms with Gasteiger partial charge in [0.2, 0.25) is 0 Å². The molecular weight excluding hydrogens is 386 g/mol. The highest BCUT2D eigenvalue weighted by molar-refractivity contribution is 5.71. The molecule has 0 amide bonds. The molecule has 4 rings (SSSR count). The van der Waals surface area contributed by atoms with Gasteiger partial charge in [0.05, 0.1) is 11.3 Å². The van der Waals surface area contributed by atoms with Crippen molar-refractivity contribution >= 4 is 11.5 Å². The van der Waals surface area contributed by atoms with E-state index in [1.807, 2.05) is 49.5 Å². The zero-order valence-corrected chi connectivity index (χ0v) is 17.2. The molecule has 2 aliphatic rings. The second kappa shape index (κ2) is 8.18. The number of hydrogen-bond acceptors (Lipinski definition) is 5. The molecule has 3 heterocycles. The Bertz CT molecular complexity index is 1010. The fraction of sp³-hybridized carbons (Fsp3) is 0.261. The van der Waals surface area contributed by atoms with Gasteiger partial charge in [0.25, 0.3) is 0 Å². The van der Waals surface area contributed by atoms with E-state index in [4.69, 9.17) is 4.74 Å². The molecule has 1 N–H and O–H groups in total. The topological polar surface area (TPSA) is 40.6 Å². The summed E-state index contributed by atoms with van der Waals surface area (Å²) in [7, 11) is 2.00. The Balaban J connectivity index is 1.52. The Morgan fingerprint density at radius 3 is 2.63 bits per heavy atom. The maximum Gasteiger partial charge on any atom is 0.162 e. The molecule has 0 saturated carbocycles. The molecule has 0 radical (unpaired) electrons. The number of benzene rings is 1. The van der Waals surface area contributed by atoms with Gasteiger partial charge in [0.1, 0.15) is 29.8 Å². The smallest absolute Gasteiger partial charge is 0.162 e. The molecule has 1 atom stereocenters. The van der Waals surface area contributed by atoms with E-state index in [1.54, 1.807) is 6.08 Å². The van der Waals surface area contributed by atoms with E-state index in [9.17, 15) is 8.78 Å². The minimum Gasteiger partial charge on any atom is -0.489 e. The second-order valence-electron chi connectivity index (χ2n) is 7.25. The fourth-order valence-electron chi connectivity index (χ4n) is 3.59. The van der Waals surface area contributed by atoms with E-state index >= 15 is 0 Å². The summed E-state index contributed by atoms with van der Waals surface area (Å²) in [6.07, 6.45) is 7.19. The largest absolute Gasteiger partial charge is 0.489 e. The first kappa shape index (κ1) is 19.9. The van der Waals surface area contributed by atoms with Crippen LogP contribution in [0.2, 0.25) is 0 Å². The predicted molar refractivity (Wildman–Crippen MR) is 113 cm³/mol. The van der Waals surface area contributed by atoms with E-state index in [-0.39, 0.29) is 18.3 Å². The van der Waals surface area contributed by atoms with E-state index < -0.39 is 11.6 Å². The first-order valence-corrected chi connectivity index (χ1v) is 9.87. The number of aromatic nitrogens is 1. The number of rotatable bonds is 6. The first-order chi connectivity index (χ1) is 14.5. The summed E-state index contributed by atoms with van der Waals surface area (Å²) < 4.78 is 33.7. The summed E-state index contributed by atoms with van der Waals surface area (Å²) in [5.74, 6) is 0.268. The molecule has 5 nitrogen and oxygen atoms in total. The Kier molecular flexibility index (Phi) is 5.44.